The summed E-state index contributed by atoms with van der Waals surface area (Å²) in [6.45, 7) is 5.16. The summed E-state index contributed by atoms with van der Waals surface area (Å²) in [4.78, 5) is 13.9. The number of hydrogen-bond acceptors (Lipinski definition) is 4. The maximum atomic E-state index is 5.77. The van der Waals surface area contributed by atoms with Crippen LogP contribution >= 0.6 is 69.6 Å². The van der Waals surface area contributed by atoms with E-state index in [0.717, 1.165) is 0 Å². The maximum Gasteiger partial charge on any atom is 0.250 e. The number of aromatic nitrogens is 3. The molecule has 1 aromatic rings. The van der Waals surface area contributed by atoms with Crippen LogP contribution in [0.4, 0.5) is 5.95 Å². The van der Waals surface area contributed by atoms with Gasteiger partial charge in [-0.15, -0.1) is 0 Å². The topological polar surface area (TPSA) is 41.9 Å². The third-order valence-corrected chi connectivity index (χ3v) is 3.19. The van der Waals surface area contributed by atoms with Crippen molar-refractivity contribution >= 4 is 75.6 Å². The molecule has 0 N–H and O–H groups in total. The van der Waals surface area contributed by atoms with Crippen LogP contribution in [0.5, 0.6) is 0 Å². The molecule has 0 aromatic carbocycles. The Morgan fingerprint density at radius 3 is 1.42 bits per heavy atom. The van der Waals surface area contributed by atoms with Crippen LogP contribution in [0.1, 0.15) is 25.5 Å². The molecule has 0 radical (unpaired) electrons. The molecule has 1 rings (SSSR count). The average molecular weight is 387 g/mol. The number of rotatable bonds is 3. The van der Waals surface area contributed by atoms with E-state index in [4.69, 9.17) is 69.6 Å². The lowest BCUT2D eigenvalue weighted by molar-refractivity contribution is 0.766. The molecule has 0 fully saturated rings. The van der Waals surface area contributed by atoms with Gasteiger partial charge in [0.05, 0.1) is 0 Å². The van der Waals surface area contributed by atoms with Crippen LogP contribution in [0.25, 0.3) is 0 Å². The fourth-order valence-electron chi connectivity index (χ4n) is 1.27. The van der Waals surface area contributed by atoms with Crippen LogP contribution in [0.3, 0.4) is 0 Å². The Balaban J connectivity index is 3.41. The average Bonchev–Trinajstić information content (AvgIpc) is 2.28. The molecule has 0 unspecified atom stereocenters. The van der Waals surface area contributed by atoms with E-state index < -0.39 is 7.59 Å². The molecular formula is C9H10Cl6N4. The number of anilines is 1. The zero-order chi connectivity index (χ0) is 14.8. The van der Waals surface area contributed by atoms with Crippen LogP contribution in [0.2, 0.25) is 0 Å². The first-order valence-electron chi connectivity index (χ1n) is 5.25. The van der Waals surface area contributed by atoms with E-state index in [1.807, 2.05) is 18.7 Å². The first kappa shape index (κ1) is 17.6. The first-order chi connectivity index (χ1) is 8.59. The molecule has 0 aliphatic carbocycles. The van der Waals surface area contributed by atoms with Gasteiger partial charge in [-0.05, 0) is 13.8 Å². The maximum absolute atomic E-state index is 5.77. The van der Waals surface area contributed by atoms with E-state index >= 15 is 0 Å². The fraction of sp³-hybridized carbons (Fsp3) is 0.667. The van der Waals surface area contributed by atoms with E-state index in [1.165, 1.54) is 0 Å². The highest BCUT2D eigenvalue weighted by atomic mass is 35.6. The second kappa shape index (κ2) is 6.54. The summed E-state index contributed by atoms with van der Waals surface area (Å²) in [7, 11) is 0. The van der Waals surface area contributed by atoms with Crippen LogP contribution < -0.4 is 4.90 Å². The normalized spacial score (nSPS) is 12.6. The van der Waals surface area contributed by atoms with Gasteiger partial charge in [-0.25, -0.2) is 4.98 Å². The lowest BCUT2D eigenvalue weighted by atomic mass is 10.5. The Morgan fingerprint density at radius 1 is 0.789 bits per heavy atom. The molecule has 0 bridgehead atoms. The standard InChI is InChI=1S/C9H10Cl6N4/c1-3-19(4-2)7-17-5(8(10,11)12)16-6(18-7)9(13,14)15/h3-4H2,1-2H3. The number of alkyl halides is 6. The van der Waals surface area contributed by atoms with Gasteiger partial charge in [-0.1, -0.05) is 69.6 Å². The molecule has 10 heteroatoms. The molecule has 4 nitrogen and oxygen atoms in total. The van der Waals surface area contributed by atoms with Crippen LogP contribution in [0, 0.1) is 0 Å². The zero-order valence-electron chi connectivity index (χ0n) is 9.97. The van der Waals surface area contributed by atoms with Gasteiger partial charge in [0, 0.05) is 13.1 Å². The third kappa shape index (κ3) is 4.80. The highest BCUT2D eigenvalue weighted by Gasteiger charge is 2.34. The van der Waals surface area contributed by atoms with Gasteiger partial charge < -0.3 is 4.90 Å². The Labute approximate surface area is 141 Å². The molecule has 0 aliphatic rings. The van der Waals surface area contributed by atoms with Gasteiger partial charge in [0.1, 0.15) is 0 Å². The van der Waals surface area contributed by atoms with Crippen molar-refractivity contribution < 1.29 is 0 Å². The van der Waals surface area contributed by atoms with E-state index in [1.54, 1.807) is 0 Å². The number of hydrogen-bond donors (Lipinski definition) is 0. The molecule has 0 spiro atoms. The Bertz CT molecular complexity index is 405. The van der Waals surface area contributed by atoms with E-state index in [0.29, 0.717) is 19.0 Å². The van der Waals surface area contributed by atoms with Gasteiger partial charge >= 0.3 is 0 Å². The molecule has 19 heavy (non-hydrogen) atoms. The summed E-state index contributed by atoms with van der Waals surface area (Å²) < 4.78 is -3.65. The van der Waals surface area contributed by atoms with Crippen molar-refractivity contribution in [3.63, 3.8) is 0 Å². The quantitative estimate of drug-likeness (QED) is 0.723. The summed E-state index contributed by atoms with van der Waals surface area (Å²) in [5.41, 5.74) is 0. The van der Waals surface area contributed by atoms with Gasteiger partial charge in [-0.3, -0.25) is 0 Å². The SMILES string of the molecule is CCN(CC)c1nc(C(Cl)(Cl)Cl)nc(C(Cl)(Cl)Cl)n1. The lowest BCUT2D eigenvalue weighted by Gasteiger charge is -2.22. The molecule has 0 atom stereocenters. The minimum absolute atomic E-state index is 0.0873. The smallest absolute Gasteiger partial charge is 0.250 e. The lowest BCUT2D eigenvalue weighted by Crippen LogP contribution is -2.27. The predicted octanol–water partition coefficient (Wildman–Crippen LogP) is 4.37. The Kier molecular flexibility index (Phi) is 6.06. The summed E-state index contributed by atoms with van der Waals surface area (Å²) in [5.74, 6) is 0.120. The zero-order valence-corrected chi connectivity index (χ0v) is 14.5. The summed E-state index contributed by atoms with van der Waals surface area (Å²) >= 11 is 34.6. The van der Waals surface area contributed by atoms with Crippen molar-refractivity contribution in [2.24, 2.45) is 0 Å². The van der Waals surface area contributed by atoms with Crippen molar-refractivity contribution in [2.75, 3.05) is 18.0 Å². The Hall–Kier alpha value is 0.550. The van der Waals surface area contributed by atoms with Gasteiger partial charge in [0.25, 0.3) is 0 Å². The van der Waals surface area contributed by atoms with Crippen molar-refractivity contribution in [3.8, 4) is 0 Å². The minimum Gasteiger partial charge on any atom is -0.341 e. The number of halogens is 6. The summed E-state index contributed by atoms with van der Waals surface area (Å²) in [6.07, 6.45) is 0. The van der Waals surface area contributed by atoms with E-state index in [2.05, 4.69) is 15.0 Å². The van der Waals surface area contributed by atoms with E-state index in [-0.39, 0.29) is 11.6 Å². The van der Waals surface area contributed by atoms with Gasteiger partial charge in [0.15, 0.2) is 11.6 Å². The molecule has 0 saturated heterocycles. The predicted molar refractivity (Wildman–Crippen MR) is 81.9 cm³/mol. The molecule has 0 aliphatic heterocycles. The Morgan fingerprint density at radius 2 is 1.16 bits per heavy atom. The molecule has 0 saturated carbocycles. The monoisotopic (exact) mass is 384 g/mol. The molecule has 0 amide bonds. The molecule has 1 heterocycles. The fourth-order valence-corrected chi connectivity index (χ4v) is 1.77. The highest BCUT2D eigenvalue weighted by molar-refractivity contribution is 6.67. The van der Waals surface area contributed by atoms with Crippen molar-refractivity contribution in [1.29, 1.82) is 0 Å². The van der Waals surface area contributed by atoms with Gasteiger partial charge in [-0.2, -0.15) is 9.97 Å². The van der Waals surface area contributed by atoms with Crippen LogP contribution in [-0.4, -0.2) is 28.0 Å². The van der Waals surface area contributed by atoms with Crippen molar-refractivity contribution in [3.05, 3.63) is 11.6 Å². The second-order valence-electron chi connectivity index (χ2n) is 3.45. The van der Waals surface area contributed by atoms with Crippen LogP contribution in [0.15, 0.2) is 0 Å². The first-order valence-corrected chi connectivity index (χ1v) is 7.51. The minimum atomic E-state index is -1.82. The highest BCUT2D eigenvalue weighted by Crippen LogP contribution is 2.40. The van der Waals surface area contributed by atoms with Crippen molar-refractivity contribution in [1.82, 2.24) is 15.0 Å². The van der Waals surface area contributed by atoms with Gasteiger partial charge in [0.2, 0.25) is 13.5 Å². The second-order valence-corrected chi connectivity index (χ2v) is 8.01. The number of nitrogens with zero attached hydrogens (tertiary/aromatic N) is 4. The molecule has 108 valence electrons. The molecule has 1 aromatic heterocycles. The van der Waals surface area contributed by atoms with Crippen molar-refractivity contribution in [2.45, 2.75) is 21.4 Å². The van der Waals surface area contributed by atoms with Crippen LogP contribution in [-0.2, 0) is 7.59 Å². The third-order valence-electron chi connectivity index (χ3n) is 2.18. The molecular weight excluding hydrogens is 377 g/mol. The summed E-state index contributed by atoms with van der Waals surface area (Å²) in [6, 6.07) is 0. The largest absolute Gasteiger partial charge is 0.341 e. The summed E-state index contributed by atoms with van der Waals surface area (Å²) in [5, 5.41) is 0. The van der Waals surface area contributed by atoms with E-state index in [9.17, 15) is 0 Å².